The number of aryl methyl sites for hydroxylation is 2. The lowest BCUT2D eigenvalue weighted by Crippen LogP contribution is -1.84. The summed E-state index contributed by atoms with van der Waals surface area (Å²) in [5.74, 6) is 0. The third-order valence-corrected chi connectivity index (χ3v) is 4.15. The molecule has 2 rings (SSSR count). The molecule has 0 aliphatic rings. The van der Waals surface area contributed by atoms with E-state index in [0.29, 0.717) is 10.6 Å². The van der Waals surface area contributed by atoms with Crippen LogP contribution in [-0.2, 0) is 0 Å². The Morgan fingerprint density at radius 2 is 1.89 bits per heavy atom. The summed E-state index contributed by atoms with van der Waals surface area (Å²) in [7, 11) is 0. The van der Waals surface area contributed by atoms with Gasteiger partial charge >= 0.3 is 0 Å². The second-order valence-corrected chi connectivity index (χ2v) is 5.69. The first kappa shape index (κ1) is 13.2. The van der Waals surface area contributed by atoms with E-state index in [2.05, 4.69) is 32.0 Å². The lowest BCUT2D eigenvalue weighted by atomic mass is 10.2. The van der Waals surface area contributed by atoms with Crippen molar-refractivity contribution < 1.29 is 4.79 Å². The molecule has 0 aromatic heterocycles. The van der Waals surface area contributed by atoms with Gasteiger partial charge in [0.15, 0.2) is 6.29 Å². The smallest absolute Gasteiger partial charge is 0.151 e. The molecule has 0 bridgehead atoms. The molecule has 0 saturated carbocycles. The van der Waals surface area contributed by atoms with Gasteiger partial charge in [-0.15, -0.1) is 0 Å². The molecule has 0 N–H and O–H groups in total. The van der Waals surface area contributed by atoms with E-state index in [9.17, 15) is 4.79 Å². The second-order valence-electron chi connectivity index (χ2n) is 4.17. The first-order chi connectivity index (χ1) is 8.60. The third-order valence-electron chi connectivity index (χ3n) is 2.66. The van der Waals surface area contributed by atoms with Gasteiger partial charge in [-0.05, 0) is 43.7 Å². The van der Waals surface area contributed by atoms with Crippen molar-refractivity contribution in [3.8, 4) is 0 Å². The van der Waals surface area contributed by atoms with Gasteiger partial charge in [0, 0.05) is 15.4 Å². The van der Waals surface area contributed by atoms with Gasteiger partial charge in [0.2, 0.25) is 0 Å². The highest BCUT2D eigenvalue weighted by molar-refractivity contribution is 7.99. The summed E-state index contributed by atoms with van der Waals surface area (Å²) in [4.78, 5) is 12.9. The van der Waals surface area contributed by atoms with Gasteiger partial charge in [-0.1, -0.05) is 41.1 Å². The zero-order valence-electron chi connectivity index (χ0n) is 10.2. The molecular formula is C15H13ClOS. The van der Waals surface area contributed by atoms with Crippen molar-refractivity contribution in [1.82, 2.24) is 0 Å². The molecule has 0 aliphatic carbocycles. The van der Waals surface area contributed by atoms with Gasteiger partial charge in [0.25, 0.3) is 0 Å². The summed E-state index contributed by atoms with van der Waals surface area (Å²) in [6.45, 7) is 4.17. The maximum absolute atomic E-state index is 10.7. The van der Waals surface area contributed by atoms with Gasteiger partial charge in [-0.25, -0.2) is 0 Å². The van der Waals surface area contributed by atoms with E-state index in [4.69, 9.17) is 11.6 Å². The minimum absolute atomic E-state index is 0.500. The predicted molar refractivity (Wildman–Crippen MR) is 76.9 cm³/mol. The van der Waals surface area contributed by atoms with Crippen LogP contribution in [0.15, 0.2) is 46.2 Å². The fourth-order valence-electron chi connectivity index (χ4n) is 1.71. The van der Waals surface area contributed by atoms with Gasteiger partial charge in [-0.3, -0.25) is 4.79 Å². The number of carbonyl (C=O) groups excluding carboxylic acids is 1. The summed E-state index contributed by atoms with van der Waals surface area (Å²) in [6.07, 6.45) is 0.772. The molecular weight excluding hydrogens is 264 g/mol. The highest BCUT2D eigenvalue weighted by Gasteiger charge is 2.04. The van der Waals surface area contributed by atoms with E-state index >= 15 is 0 Å². The molecule has 0 radical (unpaired) electrons. The van der Waals surface area contributed by atoms with Crippen LogP contribution in [0.25, 0.3) is 0 Å². The Bertz CT molecular complexity index is 593. The third kappa shape index (κ3) is 2.95. The number of halogens is 1. The molecule has 0 heterocycles. The average Bonchev–Trinajstić information content (AvgIpc) is 2.33. The summed E-state index contributed by atoms with van der Waals surface area (Å²) in [5.41, 5.74) is 3.03. The van der Waals surface area contributed by atoms with Gasteiger partial charge < -0.3 is 0 Å². The first-order valence-corrected chi connectivity index (χ1v) is 6.79. The van der Waals surface area contributed by atoms with E-state index < -0.39 is 0 Å². The summed E-state index contributed by atoms with van der Waals surface area (Å²) < 4.78 is 0. The summed E-state index contributed by atoms with van der Waals surface area (Å²) in [6, 6.07) is 11.9. The molecule has 0 amide bonds. The van der Waals surface area contributed by atoms with E-state index in [0.717, 1.165) is 11.2 Å². The van der Waals surface area contributed by atoms with Crippen LogP contribution in [0.5, 0.6) is 0 Å². The molecule has 3 heteroatoms. The zero-order valence-corrected chi connectivity index (χ0v) is 11.8. The van der Waals surface area contributed by atoms with Crippen LogP contribution in [0.2, 0.25) is 5.02 Å². The van der Waals surface area contributed by atoms with Crippen LogP contribution >= 0.6 is 23.4 Å². The lowest BCUT2D eigenvalue weighted by molar-refractivity contribution is 0.112. The largest absolute Gasteiger partial charge is 0.298 e. The maximum Gasteiger partial charge on any atom is 0.151 e. The number of aldehydes is 1. The molecule has 0 atom stereocenters. The van der Waals surface area contributed by atoms with Crippen molar-refractivity contribution in [3.63, 3.8) is 0 Å². The lowest BCUT2D eigenvalue weighted by Gasteiger charge is -2.07. The highest BCUT2D eigenvalue weighted by atomic mass is 35.5. The molecule has 0 saturated heterocycles. The number of benzene rings is 2. The number of hydrogen-bond donors (Lipinski definition) is 0. The first-order valence-electron chi connectivity index (χ1n) is 5.60. The van der Waals surface area contributed by atoms with E-state index in [-0.39, 0.29) is 0 Å². The van der Waals surface area contributed by atoms with Crippen LogP contribution in [0.3, 0.4) is 0 Å². The zero-order chi connectivity index (χ0) is 13.1. The van der Waals surface area contributed by atoms with Gasteiger partial charge in [0.05, 0.1) is 5.02 Å². The van der Waals surface area contributed by atoms with Crippen LogP contribution < -0.4 is 0 Å². The predicted octanol–water partition coefficient (Wildman–Crippen LogP) is 4.92. The monoisotopic (exact) mass is 276 g/mol. The Morgan fingerprint density at radius 3 is 2.50 bits per heavy atom. The number of carbonyl (C=O) groups is 1. The molecule has 2 aromatic rings. The van der Waals surface area contributed by atoms with Crippen molar-refractivity contribution in [3.05, 3.63) is 58.1 Å². The summed E-state index contributed by atoms with van der Waals surface area (Å²) >= 11 is 7.67. The molecule has 0 fully saturated rings. The van der Waals surface area contributed by atoms with Crippen molar-refractivity contribution in [2.45, 2.75) is 23.6 Å². The fourth-order valence-corrected chi connectivity index (χ4v) is 2.92. The van der Waals surface area contributed by atoms with E-state index in [1.807, 2.05) is 12.1 Å². The Balaban J connectivity index is 2.28. The molecule has 1 nitrogen and oxygen atoms in total. The maximum atomic E-state index is 10.7. The topological polar surface area (TPSA) is 17.1 Å². The number of hydrogen-bond acceptors (Lipinski definition) is 2. The second kappa shape index (κ2) is 5.59. The van der Waals surface area contributed by atoms with Crippen molar-refractivity contribution in [1.29, 1.82) is 0 Å². The van der Waals surface area contributed by atoms with Crippen molar-refractivity contribution in [2.24, 2.45) is 0 Å². The molecule has 0 spiro atoms. The quantitative estimate of drug-likeness (QED) is 0.740. The highest BCUT2D eigenvalue weighted by Crippen LogP contribution is 2.32. The minimum Gasteiger partial charge on any atom is -0.298 e. The normalized spacial score (nSPS) is 10.4. The molecule has 2 aromatic carbocycles. The van der Waals surface area contributed by atoms with Crippen LogP contribution in [0.4, 0.5) is 0 Å². The van der Waals surface area contributed by atoms with E-state index in [1.165, 1.54) is 16.0 Å². The Kier molecular flexibility index (Phi) is 4.10. The van der Waals surface area contributed by atoms with Crippen LogP contribution in [0, 0.1) is 13.8 Å². The standard InChI is InChI=1S/C15H13ClOS/c1-10-3-6-15(11(2)7-10)18-13-5-4-12(9-17)14(16)8-13/h3-9H,1-2H3. The number of rotatable bonds is 3. The van der Waals surface area contributed by atoms with Gasteiger partial charge in [-0.2, -0.15) is 0 Å². The molecule has 18 heavy (non-hydrogen) atoms. The van der Waals surface area contributed by atoms with Gasteiger partial charge in [0.1, 0.15) is 0 Å². The van der Waals surface area contributed by atoms with Crippen LogP contribution in [0.1, 0.15) is 21.5 Å². The Hall–Kier alpha value is -1.25. The van der Waals surface area contributed by atoms with Crippen molar-refractivity contribution >= 4 is 29.6 Å². The minimum atomic E-state index is 0.500. The SMILES string of the molecule is Cc1ccc(Sc2ccc(C=O)c(Cl)c2)c(C)c1. The van der Waals surface area contributed by atoms with E-state index in [1.54, 1.807) is 17.8 Å². The average molecular weight is 277 g/mol. The molecule has 92 valence electrons. The Labute approximate surface area is 116 Å². The molecule has 0 unspecified atom stereocenters. The van der Waals surface area contributed by atoms with Crippen molar-refractivity contribution in [2.75, 3.05) is 0 Å². The molecule has 0 aliphatic heterocycles. The summed E-state index contributed by atoms with van der Waals surface area (Å²) in [5, 5.41) is 0.500. The van der Waals surface area contributed by atoms with Crippen LogP contribution in [-0.4, -0.2) is 6.29 Å². The fraction of sp³-hybridized carbons (Fsp3) is 0.133. The Morgan fingerprint density at radius 1 is 1.11 bits per heavy atom.